The van der Waals surface area contributed by atoms with E-state index in [9.17, 15) is 0 Å². The Labute approximate surface area is 670 Å². The minimum atomic E-state index is -0.0924. The van der Waals surface area contributed by atoms with Gasteiger partial charge in [0.15, 0.2) is 69.0 Å². The van der Waals surface area contributed by atoms with Gasteiger partial charge in [-0.05, 0) is 208 Å². The van der Waals surface area contributed by atoms with Crippen molar-refractivity contribution in [1.29, 1.82) is 0 Å². The van der Waals surface area contributed by atoms with Crippen LogP contribution in [0.2, 0.25) is 0 Å². The van der Waals surface area contributed by atoms with Crippen LogP contribution in [-0.4, -0.2) is 168 Å². The van der Waals surface area contributed by atoms with Crippen LogP contribution in [0.3, 0.4) is 0 Å². The predicted molar refractivity (Wildman–Crippen MR) is 440 cm³/mol. The molecule has 2 aromatic heterocycles. The van der Waals surface area contributed by atoms with Crippen LogP contribution >= 0.6 is 11.6 Å². The normalized spacial score (nSPS) is 17.5. The largest absolute Gasteiger partial charge is 0.493 e. The third-order valence-electron chi connectivity index (χ3n) is 22.6. The van der Waals surface area contributed by atoms with Gasteiger partial charge in [0.05, 0.1) is 95.2 Å². The lowest BCUT2D eigenvalue weighted by Crippen LogP contribution is -2.35. The summed E-state index contributed by atoms with van der Waals surface area (Å²) in [6, 6.07) is 37.9. The lowest BCUT2D eigenvalue weighted by Gasteiger charge is -2.38. The maximum atomic E-state index is 8.39. The standard InChI is InChI=1S/C44H50N4O7.C39H43ClN2O6.C5H8N2O.2CH4/c1-46-16-13-30-24-38(50-4)40-25-33(30)35(46)21-28-7-10-31(11-8-28)54-39-23-29(9-12-37(39)49-3)22-36-41-32(14-17-47(36)2)34(26-53-20-19-48-18-15-45-27-48)42(51-5)44(52-6)43(41)55-40;1-41-15-13-25-20-33(44-4)35-21-28(25)30(41)17-23-7-10-26(11-8-23)47-34-19-24(9-12-32(34)43-3)18-31-36-27(14-16-42(31)2)29(22-40)37(45-5)39(46-6)38(36)48-35;8-4-3-7-2-1-6-5-7;;/h7-12,15,18,23-25,27,35-36H,13-14,16-17,19-22,26H2,1-6H3;7-12,19-21,30-31H,13-18,22H2,1-6H3;1-2,5,8H,3-4H2;2*1H4/t35-,36-;30-,31-;;;/m00.../s1. The van der Waals surface area contributed by atoms with E-state index in [-0.39, 0.29) is 51.5 Å². The number of likely N-dealkylation sites (N-methyl/N-ethyl adjacent to an activating group) is 4. The minimum absolute atomic E-state index is 0. The molecule has 0 amide bonds. The van der Waals surface area contributed by atoms with E-state index >= 15 is 0 Å². The van der Waals surface area contributed by atoms with Gasteiger partial charge in [-0.25, -0.2) is 9.97 Å². The zero-order valence-corrected chi connectivity index (χ0v) is 66.4. The van der Waals surface area contributed by atoms with Crippen molar-refractivity contribution in [2.75, 3.05) is 124 Å². The second-order valence-electron chi connectivity index (χ2n) is 28.9. The van der Waals surface area contributed by atoms with E-state index in [0.717, 1.165) is 121 Å². The molecule has 18 rings (SSSR count). The third-order valence-corrected chi connectivity index (χ3v) is 22.8. The Morgan fingerprint density at radius 1 is 0.425 bits per heavy atom. The van der Waals surface area contributed by atoms with Crippen molar-refractivity contribution in [3.8, 4) is 92.0 Å². The van der Waals surface area contributed by atoms with E-state index in [4.69, 9.17) is 78.3 Å². The van der Waals surface area contributed by atoms with Crippen molar-refractivity contribution < 1.29 is 66.7 Å². The Kier molecular flexibility index (Phi) is 27.1. The summed E-state index contributed by atoms with van der Waals surface area (Å²) in [4.78, 5) is 17.6. The van der Waals surface area contributed by atoms with Crippen LogP contribution in [0.4, 0.5) is 0 Å². The molecule has 113 heavy (non-hydrogen) atoms. The molecule has 22 nitrogen and oxygen atoms in total. The van der Waals surface area contributed by atoms with Gasteiger partial charge in [-0.15, -0.1) is 11.6 Å². The average Bonchev–Trinajstić information content (AvgIpc) is 0.777. The first kappa shape index (κ1) is 82.3. The first-order valence-corrected chi connectivity index (χ1v) is 38.4. The van der Waals surface area contributed by atoms with Gasteiger partial charge < -0.3 is 75.8 Å². The number of ether oxygens (including phenoxy) is 13. The molecule has 23 heteroatoms. The molecular formula is C90H109ClN8O14. The molecule has 0 saturated heterocycles. The third kappa shape index (κ3) is 17.4. The Hall–Kier alpha value is -10.2. The Morgan fingerprint density at radius 2 is 0.814 bits per heavy atom. The van der Waals surface area contributed by atoms with Gasteiger partial charge in [0.1, 0.15) is 11.5 Å². The molecular weight excluding hydrogens is 1450 g/mol. The second kappa shape index (κ2) is 37.2. The highest BCUT2D eigenvalue weighted by Gasteiger charge is 2.40. The number of benzene rings is 8. The Balaban J connectivity index is 0.000000188. The van der Waals surface area contributed by atoms with Crippen LogP contribution in [-0.2, 0) is 81.7 Å². The molecule has 0 unspecified atom stereocenters. The van der Waals surface area contributed by atoms with E-state index in [1.54, 1.807) is 81.9 Å². The summed E-state index contributed by atoms with van der Waals surface area (Å²) in [5.74, 6) is 10.6. The summed E-state index contributed by atoms with van der Waals surface area (Å²) in [5, 5.41) is 8.39. The van der Waals surface area contributed by atoms with Crippen molar-refractivity contribution in [1.82, 2.24) is 38.7 Å². The van der Waals surface area contributed by atoms with Gasteiger partial charge in [0.2, 0.25) is 11.5 Å². The number of methoxy groups -OCH3 is 8. The molecule has 10 heterocycles. The number of hydrogen-bond acceptors (Lipinski definition) is 20. The van der Waals surface area contributed by atoms with E-state index in [0.29, 0.717) is 120 Å². The summed E-state index contributed by atoms with van der Waals surface area (Å²) in [5.41, 5.74) is 15.9. The predicted octanol–water partition coefficient (Wildman–Crippen LogP) is 16.6. The van der Waals surface area contributed by atoms with E-state index < -0.39 is 0 Å². The highest BCUT2D eigenvalue weighted by molar-refractivity contribution is 6.17. The highest BCUT2D eigenvalue weighted by Crippen LogP contribution is 2.57. The van der Waals surface area contributed by atoms with E-state index in [1.165, 1.54) is 33.4 Å². The van der Waals surface area contributed by atoms with E-state index in [1.807, 2.05) is 57.9 Å². The van der Waals surface area contributed by atoms with Crippen LogP contribution in [0.15, 0.2) is 147 Å². The number of aliphatic hydroxyl groups excluding tert-OH is 1. The lowest BCUT2D eigenvalue weighted by molar-refractivity contribution is 0.109. The number of hydrogen-bond donors (Lipinski definition) is 1. The van der Waals surface area contributed by atoms with E-state index in [2.05, 4.69) is 131 Å². The number of halogens is 1. The van der Waals surface area contributed by atoms with Crippen molar-refractivity contribution in [2.45, 2.75) is 116 Å². The van der Waals surface area contributed by atoms with Crippen molar-refractivity contribution in [3.05, 3.63) is 225 Å². The summed E-state index contributed by atoms with van der Waals surface area (Å²) >= 11 is 6.69. The topological polar surface area (TPSA) is 189 Å². The first-order chi connectivity index (χ1) is 54.2. The summed E-state index contributed by atoms with van der Waals surface area (Å²) in [6.07, 6.45) is 17.1. The number of rotatable bonds is 16. The molecule has 12 bridgehead atoms. The molecule has 8 aliphatic rings. The first-order valence-electron chi connectivity index (χ1n) is 37.9. The van der Waals surface area contributed by atoms with Crippen molar-refractivity contribution in [3.63, 3.8) is 0 Å². The van der Waals surface area contributed by atoms with Crippen LogP contribution in [0, 0.1) is 0 Å². The number of aliphatic hydroxyl groups is 1. The maximum absolute atomic E-state index is 8.39. The van der Waals surface area contributed by atoms with Gasteiger partial charge in [-0.2, -0.15) is 0 Å². The van der Waals surface area contributed by atoms with Crippen LogP contribution in [0.1, 0.15) is 117 Å². The molecule has 1 N–H and O–H groups in total. The molecule has 0 saturated carbocycles. The molecule has 8 aliphatic heterocycles. The number of fused-ring (bicyclic) bond motifs is 4. The lowest BCUT2D eigenvalue weighted by atomic mass is 9.84. The molecule has 600 valence electrons. The smallest absolute Gasteiger partial charge is 0.204 e. The van der Waals surface area contributed by atoms with Crippen LogP contribution in [0.25, 0.3) is 0 Å². The number of nitrogens with zero attached hydrogens (tertiary/aromatic N) is 8. The molecule has 8 aromatic carbocycles. The quantitative estimate of drug-likeness (QED) is 0.0709. The maximum Gasteiger partial charge on any atom is 0.204 e. The number of alkyl halides is 1. The van der Waals surface area contributed by atoms with Crippen LogP contribution in [0.5, 0.6) is 92.0 Å². The zero-order valence-electron chi connectivity index (χ0n) is 65.6. The Morgan fingerprint density at radius 3 is 1.22 bits per heavy atom. The van der Waals surface area contributed by atoms with Gasteiger partial charge in [0.25, 0.3) is 0 Å². The van der Waals surface area contributed by atoms with Crippen LogP contribution < -0.4 is 56.8 Å². The molecule has 10 aromatic rings. The average molecular weight is 1560 g/mol. The summed E-state index contributed by atoms with van der Waals surface area (Å²) in [7, 11) is 22.1. The molecule has 4 atom stereocenters. The Bertz CT molecular complexity index is 4870. The minimum Gasteiger partial charge on any atom is -0.493 e. The summed E-state index contributed by atoms with van der Waals surface area (Å²) < 4.78 is 85.7. The fourth-order valence-corrected chi connectivity index (χ4v) is 16.9. The monoisotopic (exact) mass is 1560 g/mol. The fraction of sp³-hybridized carbons (Fsp3) is 0.400. The van der Waals surface area contributed by atoms with Gasteiger partial charge >= 0.3 is 0 Å². The summed E-state index contributed by atoms with van der Waals surface area (Å²) in [6.45, 7) is 5.93. The van der Waals surface area contributed by atoms with Crippen molar-refractivity contribution in [2.24, 2.45) is 0 Å². The number of imidazole rings is 2. The molecule has 0 spiro atoms. The molecule has 0 fully saturated rings. The molecule has 0 radical (unpaired) electrons. The van der Waals surface area contributed by atoms with Gasteiger partial charge in [-0.1, -0.05) is 51.3 Å². The van der Waals surface area contributed by atoms with Gasteiger partial charge in [0, 0.05) is 110 Å². The van der Waals surface area contributed by atoms with Crippen molar-refractivity contribution >= 4 is 11.6 Å². The second-order valence-corrected chi connectivity index (χ2v) is 29.2. The highest BCUT2D eigenvalue weighted by atomic mass is 35.5. The SMILES string of the molecule is C.C.COc1ccc2cc1Oc1ccc(cc1)C[C@H]1c3cc(c(OC)cc3CCN1C)Oc1c(OC)c(OC)c(CCl)c3c1[C@H](C2)N(C)CC3.COc1ccc2cc1Oc1ccc(cc1)C[C@H]1c3cc(c(OC)cc3CCN1C)Oc1c(OC)c(OC)c(COCCn3ccnc3)c3c1[C@H](C2)N(C)CC3.OCCn1ccnc1. The zero-order chi connectivity index (χ0) is 77.4. The van der Waals surface area contributed by atoms with Gasteiger partial charge in [-0.3, -0.25) is 19.6 Å². The number of aromatic nitrogens is 4. The molecule has 0 aliphatic carbocycles. The fourth-order valence-electron chi connectivity index (χ4n) is 16.6.